The summed E-state index contributed by atoms with van der Waals surface area (Å²) in [6, 6.07) is 1.91. The molecule has 1 aromatic rings. The first-order valence-corrected chi connectivity index (χ1v) is 7.78. The van der Waals surface area contributed by atoms with Crippen LogP contribution in [0.5, 0.6) is 0 Å². The van der Waals surface area contributed by atoms with E-state index in [4.69, 9.17) is 5.11 Å². The average molecular weight is 292 g/mol. The van der Waals surface area contributed by atoms with E-state index in [9.17, 15) is 4.79 Å². The molecule has 1 aromatic heterocycles. The summed E-state index contributed by atoms with van der Waals surface area (Å²) in [7, 11) is 0. The predicted molar refractivity (Wildman–Crippen MR) is 80.9 cm³/mol. The van der Waals surface area contributed by atoms with E-state index in [1.165, 1.54) is 24.2 Å². The highest BCUT2D eigenvalue weighted by molar-refractivity contribution is 7.10. The number of rotatable bonds is 4. The first-order chi connectivity index (χ1) is 9.69. The lowest BCUT2D eigenvalue weighted by atomic mass is 10.2. The molecule has 0 aromatic carbocycles. The number of thiophene rings is 1. The number of aliphatic hydroxyl groups is 1. The Hall–Kier alpha value is -1.35. The van der Waals surface area contributed by atoms with Crippen molar-refractivity contribution in [2.75, 3.05) is 26.2 Å². The van der Waals surface area contributed by atoms with Gasteiger partial charge in [0.2, 0.25) is 0 Å². The third-order valence-corrected chi connectivity index (χ3v) is 4.11. The zero-order chi connectivity index (χ0) is 14.4. The number of nitrogens with one attached hydrogen (secondary N) is 1. The Morgan fingerprint density at radius 1 is 1.55 bits per heavy atom. The minimum atomic E-state index is -0.160. The molecule has 0 saturated carbocycles. The van der Waals surface area contributed by atoms with Gasteiger partial charge in [0, 0.05) is 18.0 Å². The summed E-state index contributed by atoms with van der Waals surface area (Å²) < 4.78 is 0. The second kappa shape index (κ2) is 7.44. The van der Waals surface area contributed by atoms with Crippen LogP contribution in [-0.4, -0.2) is 48.2 Å². The molecule has 1 aliphatic heterocycles. The fraction of sp³-hybridized carbons (Fsp3) is 0.533. The highest BCUT2D eigenvalue weighted by Crippen LogP contribution is 2.14. The lowest BCUT2D eigenvalue weighted by Gasteiger charge is -2.20. The summed E-state index contributed by atoms with van der Waals surface area (Å²) in [5.41, 5.74) is 0.644. The van der Waals surface area contributed by atoms with E-state index in [0.717, 1.165) is 24.5 Å². The van der Waals surface area contributed by atoms with E-state index in [-0.39, 0.29) is 18.6 Å². The SMILES string of the molecule is CC(CN1CCCC1)NC(=O)c1csc(C#CCO)c1. The van der Waals surface area contributed by atoms with Crippen LogP contribution in [0.15, 0.2) is 11.4 Å². The summed E-state index contributed by atoms with van der Waals surface area (Å²) in [4.78, 5) is 15.3. The highest BCUT2D eigenvalue weighted by atomic mass is 32.1. The van der Waals surface area contributed by atoms with E-state index >= 15 is 0 Å². The molecule has 1 fully saturated rings. The first kappa shape index (κ1) is 15.0. The van der Waals surface area contributed by atoms with E-state index in [0.29, 0.717) is 5.56 Å². The van der Waals surface area contributed by atoms with Crippen molar-refractivity contribution in [2.24, 2.45) is 0 Å². The van der Waals surface area contributed by atoms with E-state index in [2.05, 4.69) is 22.1 Å². The Bertz CT molecular complexity index is 509. The van der Waals surface area contributed by atoms with Crippen LogP contribution in [0.1, 0.15) is 35.0 Å². The summed E-state index contributed by atoms with van der Waals surface area (Å²) in [5.74, 6) is 5.34. The van der Waals surface area contributed by atoms with Crippen molar-refractivity contribution < 1.29 is 9.90 Å². The minimum Gasteiger partial charge on any atom is -0.384 e. The number of carbonyl (C=O) groups excluding carboxylic acids is 1. The summed E-state index contributed by atoms with van der Waals surface area (Å²) in [6.45, 7) is 5.06. The zero-order valence-electron chi connectivity index (χ0n) is 11.7. The first-order valence-electron chi connectivity index (χ1n) is 6.90. The van der Waals surface area contributed by atoms with Gasteiger partial charge in [-0.05, 0) is 38.9 Å². The topological polar surface area (TPSA) is 52.6 Å². The number of aliphatic hydroxyl groups excluding tert-OH is 1. The van der Waals surface area contributed by atoms with Gasteiger partial charge in [-0.1, -0.05) is 11.8 Å². The largest absolute Gasteiger partial charge is 0.384 e. The van der Waals surface area contributed by atoms with E-state index in [1.807, 2.05) is 6.92 Å². The van der Waals surface area contributed by atoms with Crippen LogP contribution < -0.4 is 5.32 Å². The van der Waals surface area contributed by atoms with Gasteiger partial charge in [0.05, 0.1) is 10.4 Å². The monoisotopic (exact) mass is 292 g/mol. The standard InChI is InChI=1S/C15H20N2O2S/c1-12(10-17-6-2-3-7-17)16-15(19)13-9-14(20-11-13)5-4-8-18/h9,11-12,18H,2-3,6-8,10H2,1H3,(H,16,19). The van der Waals surface area contributed by atoms with Crippen molar-refractivity contribution in [3.63, 3.8) is 0 Å². The van der Waals surface area contributed by atoms with Gasteiger partial charge in [-0.3, -0.25) is 4.79 Å². The van der Waals surface area contributed by atoms with Gasteiger partial charge in [0.1, 0.15) is 6.61 Å². The molecule has 1 atom stereocenters. The number of amides is 1. The average Bonchev–Trinajstić information content (AvgIpc) is 3.07. The number of hydrogen-bond donors (Lipinski definition) is 2. The van der Waals surface area contributed by atoms with E-state index in [1.54, 1.807) is 11.4 Å². The summed E-state index contributed by atoms with van der Waals surface area (Å²) >= 11 is 1.42. The molecule has 5 heteroatoms. The lowest BCUT2D eigenvalue weighted by Crippen LogP contribution is -2.40. The molecule has 1 unspecified atom stereocenters. The van der Waals surface area contributed by atoms with Gasteiger partial charge in [-0.15, -0.1) is 11.3 Å². The smallest absolute Gasteiger partial charge is 0.252 e. The molecule has 108 valence electrons. The second-order valence-corrected chi connectivity index (χ2v) is 5.95. The maximum atomic E-state index is 12.1. The van der Waals surface area contributed by atoms with Crippen molar-refractivity contribution >= 4 is 17.2 Å². The maximum absolute atomic E-state index is 12.1. The second-order valence-electron chi connectivity index (χ2n) is 5.04. The van der Waals surface area contributed by atoms with Gasteiger partial charge in [-0.25, -0.2) is 0 Å². The molecule has 0 bridgehead atoms. The Kier molecular flexibility index (Phi) is 5.60. The van der Waals surface area contributed by atoms with Crippen molar-refractivity contribution in [3.8, 4) is 11.8 Å². The van der Waals surface area contributed by atoms with Crippen LogP contribution in [0.4, 0.5) is 0 Å². The van der Waals surface area contributed by atoms with Crippen molar-refractivity contribution in [1.82, 2.24) is 10.2 Å². The maximum Gasteiger partial charge on any atom is 0.252 e. The number of hydrogen-bond acceptors (Lipinski definition) is 4. The van der Waals surface area contributed by atoms with Gasteiger partial charge in [0.15, 0.2) is 0 Å². The van der Waals surface area contributed by atoms with Gasteiger partial charge in [-0.2, -0.15) is 0 Å². The van der Waals surface area contributed by atoms with Gasteiger partial charge < -0.3 is 15.3 Å². The molecule has 4 nitrogen and oxygen atoms in total. The minimum absolute atomic E-state index is 0.0509. The molecule has 2 rings (SSSR count). The van der Waals surface area contributed by atoms with Crippen LogP contribution in [0, 0.1) is 11.8 Å². The molecular formula is C15H20N2O2S. The Balaban J connectivity index is 1.85. The molecule has 1 aliphatic rings. The lowest BCUT2D eigenvalue weighted by molar-refractivity contribution is 0.0932. The van der Waals surface area contributed by atoms with Crippen molar-refractivity contribution in [3.05, 3.63) is 21.9 Å². The molecule has 0 radical (unpaired) electrons. The molecule has 2 N–H and O–H groups in total. The Morgan fingerprint density at radius 2 is 2.30 bits per heavy atom. The molecule has 1 amide bonds. The van der Waals surface area contributed by atoms with Crippen LogP contribution in [0.25, 0.3) is 0 Å². The zero-order valence-corrected chi connectivity index (χ0v) is 12.5. The normalized spacial score (nSPS) is 16.5. The fourth-order valence-corrected chi connectivity index (χ4v) is 3.11. The third-order valence-electron chi connectivity index (χ3n) is 3.26. The summed E-state index contributed by atoms with van der Waals surface area (Å²) in [5, 5.41) is 13.5. The number of nitrogens with zero attached hydrogens (tertiary/aromatic N) is 1. The Labute approximate surface area is 123 Å². The third kappa shape index (κ3) is 4.34. The molecule has 20 heavy (non-hydrogen) atoms. The molecule has 2 heterocycles. The fourth-order valence-electron chi connectivity index (χ4n) is 2.35. The molecule has 0 spiro atoms. The molecular weight excluding hydrogens is 272 g/mol. The van der Waals surface area contributed by atoms with Crippen LogP contribution in [0.3, 0.4) is 0 Å². The highest BCUT2D eigenvalue weighted by Gasteiger charge is 2.17. The van der Waals surface area contributed by atoms with Crippen LogP contribution in [0.2, 0.25) is 0 Å². The quantitative estimate of drug-likeness (QED) is 0.823. The predicted octanol–water partition coefficient (Wildman–Crippen LogP) is 1.31. The van der Waals surface area contributed by atoms with Gasteiger partial charge in [0.25, 0.3) is 5.91 Å². The number of carbonyl (C=O) groups is 1. The van der Waals surface area contributed by atoms with Gasteiger partial charge >= 0.3 is 0 Å². The molecule has 1 saturated heterocycles. The van der Waals surface area contributed by atoms with E-state index < -0.39 is 0 Å². The number of likely N-dealkylation sites (tertiary alicyclic amines) is 1. The van der Waals surface area contributed by atoms with Crippen LogP contribution in [-0.2, 0) is 0 Å². The van der Waals surface area contributed by atoms with Crippen LogP contribution >= 0.6 is 11.3 Å². The molecule has 0 aliphatic carbocycles. The van der Waals surface area contributed by atoms with Crippen molar-refractivity contribution in [2.45, 2.75) is 25.8 Å². The van der Waals surface area contributed by atoms with Crippen molar-refractivity contribution in [1.29, 1.82) is 0 Å². The summed E-state index contributed by atoms with van der Waals surface area (Å²) in [6.07, 6.45) is 2.52. The Morgan fingerprint density at radius 3 is 3.00 bits per heavy atom.